The molecule has 0 aromatic carbocycles. The Bertz CT molecular complexity index is 422. The van der Waals surface area contributed by atoms with Crippen LogP contribution in [0.25, 0.3) is 0 Å². The first-order valence-electron chi connectivity index (χ1n) is 8.61. The lowest BCUT2D eigenvalue weighted by atomic mass is 10.2. The molecule has 21 heavy (non-hydrogen) atoms. The lowest BCUT2D eigenvalue weighted by Crippen LogP contribution is -2.32. The van der Waals surface area contributed by atoms with Crippen molar-refractivity contribution in [3.8, 4) is 0 Å². The van der Waals surface area contributed by atoms with E-state index < -0.39 is 0 Å². The van der Waals surface area contributed by atoms with Gasteiger partial charge in [-0.3, -0.25) is 0 Å². The van der Waals surface area contributed by atoms with Crippen LogP contribution >= 0.6 is 11.3 Å². The van der Waals surface area contributed by atoms with Gasteiger partial charge in [-0.2, -0.15) is 0 Å². The van der Waals surface area contributed by atoms with Crippen molar-refractivity contribution in [1.82, 2.24) is 10.3 Å². The Labute approximate surface area is 134 Å². The van der Waals surface area contributed by atoms with E-state index in [9.17, 15) is 0 Å². The van der Waals surface area contributed by atoms with E-state index in [1.54, 1.807) is 0 Å². The zero-order valence-corrected chi connectivity index (χ0v) is 14.9. The van der Waals surface area contributed by atoms with Gasteiger partial charge in [0.1, 0.15) is 0 Å². The first-order chi connectivity index (χ1) is 10.2. The van der Waals surface area contributed by atoms with E-state index in [-0.39, 0.29) is 0 Å². The van der Waals surface area contributed by atoms with E-state index in [1.165, 1.54) is 41.4 Å². The van der Waals surface area contributed by atoms with E-state index >= 15 is 0 Å². The summed E-state index contributed by atoms with van der Waals surface area (Å²) in [5, 5.41) is 4.82. The number of rotatable bonds is 8. The summed E-state index contributed by atoms with van der Waals surface area (Å²) in [6.07, 6.45) is 6.50. The van der Waals surface area contributed by atoms with Crippen LogP contribution in [0.1, 0.15) is 63.9 Å². The smallest absolute Gasteiger partial charge is 0.186 e. The van der Waals surface area contributed by atoms with Gasteiger partial charge in [0.15, 0.2) is 5.13 Å². The number of thiazole rings is 1. The van der Waals surface area contributed by atoms with E-state index in [0.717, 1.165) is 32.1 Å². The number of hydrogen-bond donors (Lipinski definition) is 1. The second-order valence-electron chi connectivity index (χ2n) is 6.47. The van der Waals surface area contributed by atoms with Gasteiger partial charge in [0.2, 0.25) is 0 Å². The molecule has 1 heterocycles. The molecular weight excluding hydrogens is 278 g/mol. The SMILES string of the molecule is CCc1nc(N(CC)C2CCCC2)sc1CNCC(C)C. The monoisotopic (exact) mass is 309 g/mol. The van der Waals surface area contributed by atoms with Gasteiger partial charge in [0.25, 0.3) is 0 Å². The van der Waals surface area contributed by atoms with Crippen LogP contribution in [-0.4, -0.2) is 24.1 Å². The molecule has 0 aliphatic heterocycles. The number of nitrogens with zero attached hydrogens (tertiary/aromatic N) is 2. The fourth-order valence-electron chi connectivity index (χ4n) is 3.15. The van der Waals surface area contributed by atoms with Crippen molar-refractivity contribution in [3.63, 3.8) is 0 Å². The van der Waals surface area contributed by atoms with Crippen LogP contribution in [0.4, 0.5) is 5.13 Å². The largest absolute Gasteiger partial charge is 0.345 e. The third kappa shape index (κ3) is 4.43. The van der Waals surface area contributed by atoms with E-state index in [2.05, 4.69) is 37.9 Å². The molecule has 1 aromatic heterocycles. The van der Waals surface area contributed by atoms with Crippen LogP contribution in [0.3, 0.4) is 0 Å². The van der Waals surface area contributed by atoms with Crippen molar-refractivity contribution >= 4 is 16.5 Å². The Hall–Kier alpha value is -0.610. The molecule has 1 saturated carbocycles. The van der Waals surface area contributed by atoms with E-state index in [4.69, 9.17) is 4.98 Å². The summed E-state index contributed by atoms with van der Waals surface area (Å²) in [5.41, 5.74) is 1.29. The minimum atomic E-state index is 0.702. The van der Waals surface area contributed by atoms with Crippen molar-refractivity contribution in [2.75, 3.05) is 18.0 Å². The predicted molar refractivity (Wildman–Crippen MR) is 93.3 cm³/mol. The van der Waals surface area contributed by atoms with Gasteiger partial charge in [0, 0.05) is 24.0 Å². The van der Waals surface area contributed by atoms with Gasteiger partial charge >= 0.3 is 0 Å². The highest BCUT2D eigenvalue weighted by atomic mass is 32.1. The molecule has 2 rings (SSSR count). The molecular formula is C17H31N3S. The summed E-state index contributed by atoms with van der Waals surface area (Å²) in [4.78, 5) is 8.93. The van der Waals surface area contributed by atoms with Crippen molar-refractivity contribution in [3.05, 3.63) is 10.6 Å². The van der Waals surface area contributed by atoms with Crippen LogP contribution in [0, 0.1) is 5.92 Å². The van der Waals surface area contributed by atoms with Crippen molar-refractivity contribution in [1.29, 1.82) is 0 Å². The molecule has 0 atom stereocenters. The molecule has 3 nitrogen and oxygen atoms in total. The quantitative estimate of drug-likeness (QED) is 0.779. The lowest BCUT2D eigenvalue weighted by Gasteiger charge is -2.26. The molecule has 0 bridgehead atoms. The molecule has 0 unspecified atom stereocenters. The maximum Gasteiger partial charge on any atom is 0.186 e. The molecule has 0 amide bonds. The Morgan fingerprint density at radius 1 is 1.29 bits per heavy atom. The minimum Gasteiger partial charge on any atom is -0.345 e. The van der Waals surface area contributed by atoms with Crippen molar-refractivity contribution in [2.24, 2.45) is 5.92 Å². The third-order valence-corrected chi connectivity index (χ3v) is 5.43. The first-order valence-corrected chi connectivity index (χ1v) is 9.43. The summed E-state index contributed by atoms with van der Waals surface area (Å²) in [6.45, 7) is 12.1. The topological polar surface area (TPSA) is 28.2 Å². The second kappa shape index (κ2) is 8.14. The number of nitrogens with one attached hydrogen (secondary N) is 1. The average molecular weight is 310 g/mol. The highest BCUT2D eigenvalue weighted by Gasteiger charge is 2.24. The van der Waals surface area contributed by atoms with Gasteiger partial charge in [-0.05, 0) is 38.6 Å². The Morgan fingerprint density at radius 3 is 2.57 bits per heavy atom. The molecule has 1 aromatic rings. The predicted octanol–water partition coefficient (Wildman–Crippen LogP) is 4.22. The molecule has 1 fully saturated rings. The van der Waals surface area contributed by atoms with Crippen molar-refractivity contribution in [2.45, 2.75) is 72.4 Å². The minimum absolute atomic E-state index is 0.702. The average Bonchev–Trinajstić information content (AvgIpc) is 3.09. The maximum absolute atomic E-state index is 4.95. The number of hydrogen-bond acceptors (Lipinski definition) is 4. The van der Waals surface area contributed by atoms with E-state index in [0.29, 0.717) is 5.92 Å². The maximum atomic E-state index is 4.95. The summed E-state index contributed by atoms with van der Waals surface area (Å²) < 4.78 is 0. The lowest BCUT2D eigenvalue weighted by molar-refractivity contribution is 0.553. The summed E-state index contributed by atoms with van der Waals surface area (Å²) in [6, 6.07) is 0.724. The molecule has 1 aliphatic rings. The van der Waals surface area contributed by atoms with Crippen LogP contribution in [0.5, 0.6) is 0 Å². The summed E-state index contributed by atoms with van der Waals surface area (Å²) >= 11 is 1.91. The fourth-order valence-corrected chi connectivity index (χ4v) is 4.40. The fraction of sp³-hybridized carbons (Fsp3) is 0.824. The number of aromatic nitrogens is 1. The molecule has 1 N–H and O–H groups in total. The van der Waals surface area contributed by atoms with Crippen LogP contribution in [0.15, 0.2) is 0 Å². The number of anilines is 1. The van der Waals surface area contributed by atoms with Crippen LogP contribution < -0.4 is 10.2 Å². The summed E-state index contributed by atoms with van der Waals surface area (Å²) in [7, 11) is 0. The zero-order chi connectivity index (χ0) is 15.2. The molecule has 1 aliphatic carbocycles. The highest BCUT2D eigenvalue weighted by molar-refractivity contribution is 7.15. The normalized spacial score (nSPS) is 16.0. The highest BCUT2D eigenvalue weighted by Crippen LogP contribution is 2.32. The summed E-state index contributed by atoms with van der Waals surface area (Å²) in [5.74, 6) is 0.702. The molecule has 0 radical (unpaired) electrons. The zero-order valence-electron chi connectivity index (χ0n) is 14.1. The van der Waals surface area contributed by atoms with Gasteiger partial charge in [-0.15, -0.1) is 11.3 Å². The Balaban J connectivity index is 2.06. The standard InChI is InChI=1S/C17H31N3S/c1-5-15-16(12-18-11-13(3)4)21-17(19-15)20(6-2)14-9-7-8-10-14/h13-14,18H,5-12H2,1-4H3. The second-order valence-corrected chi connectivity index (χ2v) is 7.53. The number of aryl methyl sites for hydroxylation is 1. The van der Waals surface area contributed by atoms with Crippen LogP contribution in [0.2, 0.25) is 0 Å². The van der Waals surface area contributed by atoms with Gasteiger partial charge < -0.3 is 10.2 Å². The van der Waals surface area contributed by atoms with Crippen molar-refractivity contribution < 1.29 is 0 Å². The molecule has 4 heteroatoms. The van der Waals surface area contributed by atoms with Gasteiger partial charge in [-0.1, -0.05) is 33.6 Å². The molecule has 120 valence electrons. The first kappa shape index (κ1) is 16.8. The third-order valence-electron chi connectivity index (χ3n) is 4.29. The molecule has 0 spiro atoms. The molecule has 0 saturated heterocycles. The van der Waals surface area contributed by atoms with Gasteiger partial charge in [0.05, 0.1) is 5.69 Å². The van der Waals surface area contributed by atoms with Crippen LogP contribution in [-0.2, 0) is 13.0 Å². The Morgan fingerprint density at radius 2 is 2.00 bits per heavy atom. The van der Waals surface area contributed by atoms with E-state index in [1.807, 2.05) is 11.3 Å². The Kier molecular flexibility index (Phi) is 6.49. The van der Waals surface area contributed by atoms with Gasteiger partial charge in [-0.25, -0.2) is 4.98 Å².